The number of fused-ring (bicyclic) bond motifs is 1. The molecule has 0 bridgehead atoms. The quantitative estimate of drug-likeness (QED) is 0.635. The van der Waals surface area contributed by atoms with Crippen molar-refractivity contribution in [1.82, 2.24) is 9.80 Å². The molecule has 2 heterocycles. The van der Waals surface area contributed by atoms with Gasteiger partial charge in [0.05, 0.1) is 0 Å². The van der Waals surface area contributed by atoms with Crippen molar-refractivity contribution in [3.8, 4) is 0 Å². The number of carbonyl (C=O) groups is 2. The molecule has 1 aromatic rings. The summed E-state index contributed by atoms with van der Waals surface area (Å²) >= 11 is 0. The zero-order valence-corrected chi connectivity index (χ0v) is 19.2. The minimum atomic E-state index is 0.252. The van der Waals surface area contributed by atoms with Crippen LogP contribution in [0.25, 0.3) is 0 Å². The summed E-state index contributed by atoms with van der Waals surface area (Å²) in [7, 11) is 0. The molecule has 0 N–H and O–H groups in total. The largest absolute Gasteiger partial charge is 0.368 e. The number of carbonyl (C=O) groups excluding carboxylic acids is 2. The second-order valence-electron chi connectivity index (χ2n) is 9.70. The highest BCUT2D eigenvalue weighted by molar-refractivity contribution is 5.78. The predicted molar refractivity (Wildman–Crippen MR) is 125 cm³/mol. The van der Waals surface area contributed by atoms with Crippen LogP contribution in [0.4, 0.5) is 5.69 Å². The van der Waals surface area contributed by atoms with E-state index in [0.717, 1.165) is 51.5 Å². The van der Waals surface area contributed by atoms with Gasteiger partial charge in [-0.3, -0.25) is 9.59 Å². The number of para-hydroxylation sites is 1. The molecule has 170 valence electrons. The van der Waals surface area contributed by atoms with Crippen LogP contribution in [0, 0.1) is 12.8 Å². The van der Waals surface area contributed by atoms with Crippen LogP contribution in [0.15, 0.2) is 24.3 Å². The Kier molecular flexibility index (Phi) is 7.52. The third-order valence-electron chi connectivity index (χ3n) is 7.68. The van der Waals surface area contributed by atoms with Crippen molar-refractivity contribution in [2.45, 2.75) is 77.2 Å². The van der Waals surface area contributed by atoms with Crippen LogP contribution in [0.2, 0.25) is 0 Å². The van der Waals surface area contributed by atoms with Crippen LogP contribution in [0.1, 0.15) is 69.8 Å². The number of likely N-dealkylation sites (tertiary alicyclic amines) is 1. The van der Waals surface area contributed by atoms with E-state index in [2.05, 4.69) is 41.0 Å². The molecule has 5 nitrogen and oxygen atoms in total. The van der Waals surface area contributed by atoms with E-state index in [1.54, 1.807) is 0 Å². The van der Waals surface area contributed by atoms with E-state index in [-0.39, 0.29) is 5.91 Å². The topological polar surface area (TPSA) is 43.9 Å². The Morgan fingerprint density at radius 1 is 0.839 bits per heavy atom. The lowest BCUT2D eigenvalue weighted by atomic mass is 9.78. The lowest BCUT2D eigenvalue weighted by molar-refractivity contribution is -0.138. The molecule has 5 heteroatoms. The van der Waals surface area contributed by atoms with Crippen molar-refractivity contribution in [3.05, 3.63) is 29.8 Å². The molecule has 0 aromatic heterocycles. The number of rotatable bonds is 6. The lowest BCUT2D eigenvalue weighted by Crippen LogP contribution is -2.49. The third-order valence-corrected chi connectivity index (χ3v) is 7.68. The van der Waals surface area contributed by atoms with Crippen molar-refractivity contribution in [3.63, 3.8) is 0 Å². The van der Waals surface area contributed by atoms with Gasteiger partial charge in [0.2, 0.25) is 11.8 Å². The molecule has 1 aliphatic carbocycles. The van der Waals surface area contributed by atoms with Crippen molar-refractivity contribution in [2.24, 2.45) is 5.92 Å². The summed E-state index contributed by atoms with van der Waals surface area (Å²) in [6.45, 7) is 6.47. The van der Waals surface area contributed by atoms with Gasteiger partial charge in [-0.2, -0.15) is 0 Å². The van der Waals surface area contributed by atoms with Crippen molar-refractivity contribution < 1.29 is 9.59 Å². The summed E-state index contributed by atoms with van der Waals surface area (Å²) in [4.78, 5) is 32.1. The number of anilines is 1. The van der Waals surface area contributed by atoms with Crippen LogP contribution in [-0.2, 0) is 9.59 Å². The number of aryl methyl sites for hydroxylation is 1. The molecule has 0 radical (unpaired) electrons. The Hall–Kier alpha value is -2.04. The molecule has 31 heavy (non-hydrogen) atoms. The number of hydrogen-bond donors (Lipinski definition) is 0. The fourth-order valence-corrected chi connectivity index (χ4v) is 5.90. The van der Waals surface area contributed by atoms with Crippen molar-refractivity contribution in [2.75, 3.05) is 37.6 Å². The fourth-order valence-electron chi connectivity index (χ4n) is 5.90. The maximum atomic E-state index is 12.8. The summed E-state index contributed by atoms with van der Waals surface area (Å²) in [6, 6.07) is 8.97. The summed E-state index contributed by atoms with van der Waals surface area (Å²) in [6.07, 6.45) is 10.4. The molecule has 3 fully saturated rings. The number of benzene rings is 1. The molecule has 1 saturated carbocycles. The average molecular weight is 426 g/mol. The summed E-state index contributed by atoms with van der Waals surface area (Å²) in [5.41, 5.74) is 2.58. The molecule has 4 rings (SSSR count). The minimum Gasteiger partial charge on any atom is -0.368 e. The van der Waals surface area contributed by atoms with Crippen LogP contribution in [0.5, 0.6) is 0 Å². The van der Waals surface area contributed by atoms with Gasteiger partial charge in [-0.05, 0) is 63.0 Å². The van der Waals surface area contributed by atoms with E-state index >= 15 is 0 Å². The number of piperazine rings is 1. The van der Waals surface area contributed by atoms with E-state index in [4.69, 9.17) is 0 Å². The maximum absolute atomic E-state index is 12.8. The number of unbranched alkanes of at least 4 members (excludes halogenated alkanes) is 1. The first-order valence-electron chi connectivity index (χ1n) is 12.5. The highest BCUT2D eigenvalue weighted by Crippen LogP contribution is 2.35. The van der Waals surface area contributed by atoms with Gasteiger partial charge in [0.15, 0.2) is 0 Å². The van der Waals surface area contributed by atoms with Crippen LogP contribution >= 0.6 is 0 Å². The minimum absolute atomic E-state index is 0.252. The molecule has 3 aliphatic rings. The average Bonchev–Trinajstić information content (AvgIpc) is 2.81. The van der Waals surface area contributed by atoms with Gasteiger partial charge in [0.25, 0.3) is 0 Å². The molecule has 2 saturated heterocycles. The zero-order valence-electron chi connectivity index (χ0n) is 19.2. The van der Waals surface area contributed by atoms with E-state index in [1.807, 2.05) is 4.90 Å². The first kappa shape index (κ1) is 22.2. The van der Waals surface area contributed by atoms with Crippen LogP contribution < -0.4 is 4.90 Å². The van der Waals surface area contributed by atoms with Crippen molar-refractivity contribution >= 4 is 17.5 Å². The Bertz CT molecular complexity index is 755. The van der Waals surface area contributed by atoms with Crippen LogP contribution in [-0.4, -0.2) is 60.4 Å². The second-order valence-corrected chi connectivity index (χ2v) is 9.70. The maximum Gasteiger partial charge on any atom is 0.222 e. The van der Waals surface area contributed by atoms with E-state index in [9.17, 15) is 9.59 Å². The second kappa shape index (κ2) is 10.5. The molecule has 2 unspecified atom stereocenters. The molecule has 2 amide bonds. The third kappa shape index (κ3) is 5.42. The molecular weight excluding hydrogens is 386 g/mol. The molecule has 2 atom stereocenters. The van der Waals surface area contributed by atoms with Crippen molar-refractivity contribution in [1.29, 1.82) is 0 Å². The Morgan fingerprint density at radius 3 is 2.29 bits per heavy atom. The standard InChI is InChI=1S/C26H39N3O2/c1-21-9-2-4-12-23(21)27-17-19-28(20-18-27)25(30)14-6-7-15-26(31)29-16-8-11-22-10-3-5-13-24(22)29/h2,4,9,12,22,24H,3,5-8,10-11,13-20H2,1H3. The fraction of sp³-hybridized carbons (Fsp3) is 0.692. The van der Waals surface area contributed by atoms with Gasteiger partial charge in [0.1, 0.15) is 0 Å². The highest BCUT2D eigenvalue weighted by atomic mass is 16.2. The predicted octanol–water partition coefficient (Wildman–Crippen LogP) is 4.39. The SMILES string of the molecule is Cc1ccccc1N1CCN(C(=O)CCCCC(=O)N2CCCC3CCCCC32)CC1. The van der Waals surface area contributed by atoms with E-state index in [0.29, 0.717) is 24.8 Å². The van der Waals surface area contributed by atoms with Gasteiger partial charge in [-0.15, -0.1) is 0 Å². The zero-order chi connectivity index (χ0) is 21.6. The highest BCUT2D eigenvalue weighted by Gasteiger charge is 2.35. The smallest absolute Gasteiger partial charge is 0.222 e. The summed E-state index contributed by atoms with van der Waals surface area (Å²) in [5, 5.41) is 0. The normalized spacial score (nSPS) is 24.1. The molecule has 0 spiro atoms. The van der Waals surface area contributed by atoms with Gasteiger partial charge in [-0.1, -0.05) is 31.0 Å². The van der Waals surface area contributed by atoms with Gasteiger partial charge < -0.3 is 14.7 Å². The van der Waals surface area contributed by atoms with E-state index < -0.39 is 0 Å². The van der Waals surface area contributed by atoms with Crippen LogP contribution in [0.3, 0.4) is 0 Å². The lowest BCUT2D eigenvalue weighted by Gasteiger charge is -2.44. The summed E-state index contributed by atoms with van der Waals surface area (Å²) in [5.74, 6) is 1.32. The van der Waals surface area contributed by atoms with Gasteiger partial charge in [-0.25, -0.2) is 0 Å². The van der Waals surface area contributed by atoms with E-state index in [1.165, 1.54) is 49.8 Å². The first-order chi connectivity index (χ1) is 15.1. The summed E-state index contributed by atoms with van der Waals surface area (Å²) < 4.78 is 0. The Morgan fingerprint density at radius 2 is 1.52 bits per heavy atom. The number of hydrogen-bond acceptors (Lipinski definition) is 3. The Labute approximate surface area is 187 Å². The van der Waals surface area contributed by atoms with Gasteiger partial charge in [0, 0.05) is 57.3 Å². The number of piperidine rings is 1. The molecule has 1 aromatic carbocycles. The number of amides is 2. The monoisotopic (exact) mass is 425 g/mol. The molecular formula is C26H39N3O2. The molecule has 2 aliphatic heterocycles. The van der Waals surface area contributed by atoms with Gasteiger partial charge >= 0.3 is 0 Å². The Balaban J connectivity index is 1.15. The number of nitrogens with zero attached hydrogens (tertiary/aromatic N) is 3. The first-order valence-corrected chi connectivity index (χ1v) is 12.5.